The largest absolute Gasteiger partial charge is 0.494 e. The third-order valence-electron chi connectivity index (χ3n) is 4.82. The van der Waals surface area contributed by atoms with Crippen LogP contribution < -0.4 is 15.8 Å². The van der Waals surface area contributed by atoms with E-state index in [0.29, 0.717) is 34.9 Å². The number of nitrogens with zero attached hydrogens (tertiary/aromatic N) is 1. The van der Waals surface area contributed by atoms with Gasteiger partial charge in [-0.1, -0.05) is 24.3 Å². The first-order valence-electron chi connectivity index (χ1n) is 9.65. The molecule has 0 saturated carbocycles. The first-order valence-corrected chi connectivity index (χ1v) is 10.1. The fourth-order valence-electron chi connectivity index (χ4n) is 3.31. The Labute approximate surface area is 179 Å². The third-order valence-corrected chi connectivity index (χ3v) is 5.14. The average molecular weight is 419 g/mol. The molecule has 4 rings (SSSR count). The van der Waals surface area contributed by atoms with E-state index >= 15 is 0 Å². The number of aromatic amines is 1. The van der Waals surface area contributed by atoms with Gasteiger partial charge in [0.2, 0.25) is 0 Å². The molecule has 0 aliphatic carbocycles. The van der Waals surface area contributed by atoms with Gasteiger partial charge in [-0.15, -0.1) is 0 Å². The highest BCUT2D eigenvalue weighted by molar-refractivity contribution is 7.71. The van der Waals surface area contributed by atoms with Gasteiger partial charge in [-0.05, 0) is 61.1 Å². The van der Waals surface area contributed by atoms with E-state index in [1.165, 1.54) is 0 Å². The maximum Gasteiger partial charge on any atom is 0.255 e. The van der Waals surface area contributed by atoms with Gasteiger partial charge < -0.3 is 25.3 Å². The molecule has 152 valence electrons. The number of fused-ring (bicyclic) bond motifs is 1. The summed E-state index contributed by atoms with van der Waals surface area (Å²) in [5.41, 5.74) is 10.6. The highest BCUT2D eigenvalue weighted by Gasteiger charge is 2.10. The van der Waals surface area contributed by atoms with Gasteiger partial charge >= 0.3 is 0 Å². The van der Waals surface area contributed by atoms with E-state index in [4.69, 9.17) is 22.7 Å². The maximum atomic E-state index is 12.5. The quantitative estimate of drug-likeness (QED) is 0.304. The van der Waals surface area contributed by atoms with Crippen molar-refractivity contribution in [2.75, 3.05) is 17.7 Å². The Morgan fingerprint density at radius 1 is 1.13 bits per heavy atom. The molecule has 30 heavy (non-hydrogen) atoms. The molecule has 6 nitrogen and oxygen atoms in total. The van der Waals surface area contributed by atoms with Gasteiger partial charge in [-0.2, -0.15) is 0 Å². The number of imidazole rings is 1. The molecule has 0 spiro atoms. The number of anilines is 2. The molecule has 7 heteroatoms. The second-order valence-electron chi connectivity index (χ2n) is 6.87. The summed E-state index contributed by atoms with van der Waals surface area (Å²) in [4.78, 5) is 15.7. The molecule has 0 atom stereocenters. The molecule has 4 N–H and O–H groups in total. The Hall–Kier alpha value is -3.58. The fourth-order valence-corrected chi connectivity index (χ4v) is 3.58. The van der Waals surface area contributed by atoms with Crippen LogP contribution in [0.25, 0.3) is 11.0 Å². The van der Waals surface area contributed by atoms with Gasteiger partial charge in [-0.25, -0.2) is 0 Å². The van der Waals surface area contributed by atoms with E-state index in [1.54, 1.807) is 24.3 Å². The van der Waals surface area contributed by atoms with Gasteiger partial charge in [-0.3, -0.25) is 4.79 Å². The standard InChI is InChI=1S/C23H22N4O2S/c1-2-29-17-11-12-21-20(13-17)26-23(30)27(21)14-15-7-9-16(10-8-15)22(28)25-19-6-4-3-5-18(19)24/h3-13H,2,14,24H2,1H3,(H,25,28)(H,26,30). The molecule has 0 bridgehead atoms. The summed E-state index contributed by atoms with van der Waals surface area (Å²) in [6.45, 7) is 3.17. The molecule has 0 fully saturated rings. The lowest BCUT2D eigenvalue weighted by molar-refractivity contribution is 0.102. The zero-order valence-electron chi connectivity index (χ0n) is 16.5. The number of ether oxygens (including phenoxy) is 1. The van der Waals surface area contributed by atoms with Crippen molar-refractivity contribution < 1.29 is 9.53 Å². The molecule has 0 aliphatic rings. The van der Waals surface area contributed by atoms with Gasteiger partial charge in [0.1, 0.15) is 5.75 Å². The number of carbonyl (C=O) groups excluding carboxylic acids is 1. The number of H-pyrrole nitrogens is 1. The van der Waals surface area contributed by atoms with E-state index in [0.717, 1.165) is 22.3 Å². The summed E-state index contributed by atoms with van der Waals surface area (Å²) >= 11 is 5.50. The SMILES string of the molecule is CCOc1ccc2c(c1)[nH]c(=S)n2Cc1ccc(C(=O)Nc2ccccc2N)cc1. The summed E-state index contributed by atoms with van der Waals surface area (Å²) in [7, 11) is 0. The van der Waals surface area contributed by atoms with Crippen LogP contribution in [0.3, 0.4) is 0 Å². The van der Waals surface area contributed by atoms with Crippen molar-refractivity contribution in [3.8, 4) is 5.75 Å². The van der Waals surface area contributed by atoms with Crippen molar-refractivity contribution in [1.82, 2.24) is 9.55 Å². The second-order valence-corrected chi connectivity index (χ2v) is 7.25. The minimum atomic E-state index is -0.202. The lowest BCUT2D eigenvalue weighted by atomic mass is 10.1. The van der Waals surface area contributed by atoms with Crippen LogP contribution in [0, 0.1) is 4.77 Å². The van der Waals surface area contributed by atoms with E-state index in [1.807, 2.05) is 54.0 Å². The number of nitrogen functional groups attached to an aromatic ring is 1. The minimum Gasteiger partial charge on any atom is -0.494 e. The van der Waals surface area contributed by atoms with Crippen LogP contribution in [0.1, 0.15) is 22.8 Å². The van der Waals surface area contributed by atoms with Crippen molar-refractivity contribution in [2.24, 2.45) is 0 Å². The fraction of sp³-hybridized carbons (Fsp3) is 0.130. The van der Waals surface area contributed by atoms with Crippen molar-refractivity contribution >= 4 is 40.5 Å². The molecular weight excluding hydrogens is 396 g/mol. The third kappa shape index (κ3) is 4.06. The predicted octanol–water partition coefficient (Wildman–Crippen LogP) is 4.98. The Balaban J connectivity index is 1.52. The summed E-state index contributed by atoms with van der Waals surface area (Å²) in [5, 5.41) is 2.84. The molecule has 0 aliphatic heterocycles. The van der Waals surface area contributed by atoms with E-state index in [-0.39, 0.29) is 5.91 Å². The number of benzene rings is 3. The van der Waals surface area contributed by atoms with Crippen LogP contribution in [0.5, 0.6) is 5.75 Å². The van der Waals surface area contributed by atoms with Crippen LogP contribution in [0.2, 0.25) is 0 Å². The molecule has 4 aromatic rings. The molecule has 0 saturated heterocycles. The number of rotatable bonds is 6. The Bertz CT molecular complexity index is 1260. The summed E-state index contributed by atoms with van der Waals surface area (Å²) in [6, 6.07) is 20.5. The van der Waals surface area contributed by atoms with E-state index < -0.39 is 0 Å². The number of para-hydroxylation sites is 2. The Morgan fingerprint density at radius 2 is 1.90 bits per heavy atom. The first kappa shape index (κ1) is 19.7. The van der Waals surface area contributed by atoms with Crippen LogP contribution in [0.15, 0.2) is 66.7 Å². The number of hydrogen-bond donors (Lipinski definition) is 3. The van der Waals surface area contributed by atoms with Crippen molar-refractivity contribution in [2.45, 2.75) is 13.5 Å². The predicted molar refractivity (Wildman–Crippen MR) is 123 cm³/mol. The zero-order valence-corrected chi connectivity index (χ0v) is 17.3. The summed E-state index contributed by atoms with van der Waals surface area (Å²) < 4.78 is 8.22. The van der Waals surface area contributed by atoms with Crippen molar-refractivity contribution in [3.63, 3.8) is 0 Å². The number of nitrogens with two attached hydrogens (primary N) is 1. The normalized spacial score (nSPS) is 10.8. The maximum absolute atomic E-state index is 12.5. The first-order chi connectivity index (χ1) is 14.5. The van der Waals surface area contributed by atoms with Gasteiger partial charge in [0.15, 0.2) is 4.77 Å². The van der Waals surface area contributed by atoms with E-state index in [2.05, 4.69) is 10.3 Å². The zero-order chi connectivity index (χ0) is 21.1. The minimum absolute atomic E-state index is 0.202. The van der Waals surface area contributed by atoms with Crippen LogP contribution in [-0.4, -0.2) is 22.1 Å². The molecule has 0 radical (unpaired) electrons. The number of hydrogen-bond acceptors (Lipinski definition) is 4. The van der Waals surface area contributed by atoms with Gasteiger partial charge in [0.25, 0.3) is 5.91 Å². The molecule has 3 aromatic carbocycles. The highest BCUT2D eigenvalue weighted by atomic mass is 32.1. The van der Waals surface area contributed by atoms with Crippen molar-refractivity contribution in [3.05, 3.63) is 82.6 Å². The van der Waals surface area contributed by atoms with Crippen LogP contribution in [-0.2, 0) is 6.54 Å². The van der Waals surface area contributed by atoms with Gasteiger partial charge in [0.05, 0.1) is 35.6 Å². The number of carbonyl (C=O) groups is 1. The molecule has 1 heterocycles. The monoisotopic (exact) mass is 418 g/mol. The number of nitrogens with one attached hydrogen (secondary N) is 2. The molecule has 1 aromatic heterocycles. The Morgan fingerprint density at radius 3 is 2.63 bits per heavy atom. The van der Waals surface area contributed by atoms with Crippen LogP contribution >= 0.6 is 12.2 Å². The number of aromatic nitrogens is 2. The molecular formula is C23H22N4O2S. The molecule has 1 amide bonds. The summed E-state index contributed by atoms with van der Waals surface area (Å²) in [5.74, 6) is 0.606. The lowest BCUT2D eigenvalue weighted by Crippen LogP contribution is -2.13. The number of amides is 1. The second kappa shape index (κ2) is 8.42. The Kier molecular flexibility index (Phi) is 5.54. The van der Waals surface area contributed by atoms with Gasteiger partial charge in [0, 0.05) is 11.6 Å². The highest BCUT2D eigenvalue weighted by Crippen LogP contribution is 2.22. The topological polar surface area (TPSA) is 85.1 Å². The van der Waals surface area contributed by atoms with Crippen molar-refractivity contribution in [1.29, 1.82) is 0 Å². The molecule has 0 unspecified atom stereocenters. The van der Waals surface area contributed by atoms with E-state index in [9.17, 15) is 4.79 Å². The lowest BCUT2D eigenvalue weighted by Gasteiger charge is -2.09. The van der Waals surface area contributed by atoms with Crippen LogP contribution in [0.4, 0.5) is 11.4 Å². The smallest absolute Gasteiger partial charge is 0.255 e. The average Bonchev–Trinajstić information content (AvgIpc) is 3.05. The summed E-state index contributed by atoms with van der Waals surface area (Å²) in [6.07, 6.45) is 0.